The monoisotopic (exact) mass is 599 g/mol. The molecule has 0 unspecified atom stereocenters. The van der Waals surface area contributed by atoms with Crippen LogP contribution in [-0.4, -0.2) is 14.5 Å². The van der Waals surface area contributed by atoms with Crippen LogP contribution in [0.5, 0.6) is 0 Å². The Bertz CT molecular complexity index is 2550. The van der Waals surface area contributed by atoms with Gasteiger partial charge in [0, 0.05) is 45.5 Å². The van der Waals surface area contributed by atoms with Gasteiger partial charge in [-0.1, -0.05) is 127 Å². The van der Waals surface area contributed by atoms with Gasteiger partial charge in [0.05, 0.1) is 22.4 Å². The lowest BCUT2D eigenvalue weighted by molar-refractivity contribution is 1.10. The van der Waals surface area contributed by atoms with Crippen molar-refractivity contribution in [2.75, 3.05) is 0 Å². The molecule has 0 N–H and O–H groups in total. The molecule has 3 aromatic heterocycles. The summed E-state index contributed by atoms with van der Waals surface area (Å²) in [5.74, 6) is 0. The van der Waals surface area contributed by atoms with Crippen molar-refractivity contribution in [3.05, 3.63) is 176 Å². The highest BCUT2D eigenvalue weighted by Crippen LogP contribution is 2.41. The van der Waals surface area contributed by atoms with Crippen molar-refractivity contribution in [3.8, 4) is 50.5 Å². The number of rotatable bonds is 5. The highest BCUT2D eigenvalue weighted by molar-refractivity contribution is 6.08. The topological polar surface area (TPSA) is 30.7 Å². The fourth-order valence-corrected chi connectivity index (χ4v) is 6.96. The molecule has 0 aliphatic rings. The first-order valence-corrected chi connectivity index (χ1v) is 15.9. The third kappa shape index (κ3) is 4.60. The molecular formula is C44H29N3. The lowest BCUT2D eigenvalue weighted by atomic mass is 9.92. The molecule has 9 aromatic rings. The maximum Gasteiger partial charge on any atom is 0.0780 e. The second-order valence-corrected chi connectivity index (χ2v) is 11.8. The van der Waals surface area contributed by atoms with Crippen LogP contribution in [0.4, 0.5) is 0 Å². The molecule has 0 aliphatic carbocycles. The van der Waals surface area contributed by atoms with E-state index < -0.39 is 0 Å². The second kappa shape index (κ2) is 11.2. The molecule has 0 amide bonds. The van der Waals surface area contributed by atoms with Crippen molar-refractivity contribution in [1.29, 1.82) is 0 Å². The maximum atomic E-state index is 4.77. The molecule has 0 fully saturated rings. The van der Waals surface area contributed by atoms with Gasteiger partial charge in [0.15, 0.2) is 0 Å². The Morgan fingerprint density at radius 2 is 0.894 bits per heavy atom. The summed E-state index contributed by atoms with van der Waals surface area (Å²) in [5.41, 5.74) is 12.4. The van der Waals surface area contributed by atoms with Crippen LogP contribution in [0.25, 0.3) is 83.0 Å². The molecule has 0 radical (unpaired) electrons. The summed E-state index contributed by atoms with van der Waals surface area (Å²) < 4.78 is 2.38. The van der Waals surface area contributed by atoms with Gasteiger partial charge in [-0.15, -0.1) is 0 Å². The van der Waals surface area contributed by atoms with Gasteiger partial charge in [-0.05, 0) is 63.9 Å². The van der Waals surface area contributed by atoms with Crippen LogP contribution < -0.4 is 0 Å². The third-order valence-corrected chi connectivity index (χ3v) is 9.14. The van der Waals surface area contributed by atoms with E-state index >= 15 is 0 Å². The zero-order chi connectivity index (χ0) is 31.2. The molecule has 0 saturated heterocycles. The van der Waals surface area contributed by atoms with E-state index in [9.17, 15) is 0 Å². The number of para-hydroxylation sites is 3. The van der Waals surface area contributed by atoms with E-state index in [1.165, 1.54) is 21.9 Å². The molecule has 0 bridgehead atoms. The number of nitrogens with zero attached hydrogens (tertiary/aromatic N) is 3. The Morgan fingerprint density at radius 1 is 0.340 bits per heavy atom. The summed E-state index contributed by atoms with van der Waals surface area (Å²) >= 11 is 0. The number of fused-ring (bicyclic) bond motifs is 3. The van der Waals surface area contributed by atoms with Gasteiger partial charge >= 0.3 is 0 Å². The molecule has 47 heavy (non-hydrogen) atoms. The smallest absolute Gasteiger partial charge is 0.0780 e. The van der Waals surface area contributed by atoms with Crippen LogP contribution in [0.3, 0.4) is 0 Å². The predicted octanol–water partition coefficient (Wildman–Crippen LogP) is 11.4. The quantitative estimate of drug-likeness (QED) is 0.197. The van der Waals surface area contributed by atoms with Crippen LogP contribution in [-0.2, 0) is 0 Å². The van der Waals surface area contributed by atoms with Crippen LogP contribution in [0.2, 0.25) is 0 Å². The number of hydrogen-bond acceptors (Lipinski definition) is 2. The van der Waals surface area contributed by atoms with E-state index in [1.807, 2.05) is 24.5 Å². The summed E-state index contributed by atoms with van der Waals surface area (Å²) in [4.78, 5) is 9.45. The van der Waals surface area contributed by atoms with Gasteiger partial charge in [-0.25, -0.2) is 0 Å². The van der Waals surface area contributed by atoms with Crippen molar-refractivity contribution >= 4 is 32.6 Å². The number of pyridine rings is 2. The van der Waals surface area contributed by atoms with Gasteiger partial charge in [-0.2, -0.15) is 0 Å². The van der Waals surface area contributed by atoms with Crippen molar-refractivity contribution < 1.29 is 0 Å². The van der Waals surface area contributed by atoms with Crippen molar-refractivity contribution in [3.63, 3.8) is 0 Å². The highest BCUT2D eigenvalue weighted by atomic mass is 15.0. The molecule has 0 aliphatic heterocycles. The first-order chi connectivity index (χ1) is 23.3. The Balaban J connectivity index is 1.21. The van der Waals surface area contributed by atoms with E-state index in [0.29, 0.717) is 0 Å². The van der Waals surface area contributed by atoms with E-state index in [0.717, 1.165) is 61.1 Å². The zero-order valence-corrected chi connectivity index (χ0v) is 25.6. The van der Waals surface area contributed by atoms with Crippen molar-refractivity contribution in [2.45, 2.75) is 0 Å². The number of aromatic nitrogens is 3. The lowest BCUT2D eigenvalue weighted by Crippen LogP contribution is -2.00. The number of hydrogen-bond donors (Lipinski definition) is 0. The van der Waals surface area contributed by atoms with Gasteiger partial charge in [0.2, 0.25) is 0 Å². The average Bonchev–Trinajstić information content (AvgIpc) is 3.59. The van der Waals surface area contributed by atoms with Crippen LogP contribution >= 0.6 is 0 Å². The van der Waals surface area contributed by atoms with Gasteiger partial charge in [0.1, 0.15) is 0 Å². The molecule has 3 heterocycles. The third-order valence-electron chi connectivity index (χ3n) is 9.14. The minimum absolute atomic E-state index is 1.02. The molecular weight excluding hydrogens is 571 g/mol. The van der Waals surface area contributed by atoms with Crippen LogP contribution in [0, 0.1) is 0 Å². The molecule has 3 nitrogen and oxygen atoms in total. The Morgan fingerprint density at radius 3 is 1.62 bits per heavy atom. The minimum atomic E-state index is 1.02. The first kappa shape index (κ1) is 27.0. The van der Waals surface area contributed by atoms with Gasteiger partial charge < -0.3 is 4.57 Å². The Kier molecular flexibility index (Phi) is 6.46. The average molecular weight is 600 g/mol. The predicted molar refractivity (Wildman–Crippen MR) is 196 cm³/mol. The second-order valence-electron chi connectivity index (χ2n) is 11.8. The zero-order valence-electron chi connectivity index (χ0n) is 25.6. The minimum Gasteiger partial charge on any atom is -0.309 e. The van der Waals surface area contributed by atoms with E-state index in [-0.39, 0.29) is 0 Å². The number of benzene rings is 6. The SMILES string of the molecule is c1ccc(-n2c(-c3ccc(-c4cccc5cccnc45)cc3)ccc2-c2ccc(-c3cccc4cccnc34)c3ccccc23)cc1. The highest BCUT2D eigenvalue weighted by Gasteiger charge is 2.18. The van der Waals surface area contributed by atoms with Crippen LogP contribution in [0.15, 0.2) is 176 Å². The molecule has 0 spiro atoms. The van der Waals surface area contributed by atoms with E-state index in [1.54, 1.807) is 0 Å². The molecule has 3 heteroatoms. The fourth-order valence-electron chi connectivity index (χ4n) is 6.96. The largest absolute Gasteiger partial charge is 0.309 e. The summed E-state index contributed by atoms with van der Waals surface area (Å²) in [6.45, 7) is 0. The van der Waals surface area contributed by atoms with Crippen molar-refractivity contribution in [2.24, 2.45) is 0 Å². The standard InChI is InChI=1S/C44H29N3/c1-2-14-34(15-3-1)47-41(31-22-20-30(21-23-31)35-18-6-10-32-12-8-28-45-43(32)35)26-27-42(47)39-25-24-38(36-16-4-5-17-37(36)39)40-19-7-11-33-13-9-29-46-44(33)40/h1-29H. The summed E-state index contributed by atoms with van der Waals surface area (Å²) in [6.07, 6.45) is 3.74. The lowest BCUT2D eigenvalue weighted by Gasteiger charge is -2.17. The molecule has 9 rings (SSSR count). The van der Waals surface area contributed by atoms with Crippen LogP contribution in [0.1, 0.15) is 0 Å². The first-order valence-electron chi connectivity index (χ1n) is 15.9. The molecule has 0 saturated carbocycles. The maximum absolute atomic E-state index is 4.77. The Labute approximate surface area is 273 Å². The summed E-state index contributed by atoms with van der Waals surface area (Å²) in [7, 11) is 0. The summed E-state index contributed by atoms with van der Waals surface area (Å²) in [6, 6.07) is 58.3. The Hall–Kier alpha value is -6.32. The molecule has 0 atom stereocenters. The van der Waals surface area contributed by atoms with Gasteiger partial charge in [0.25, 0.3) is 0 Å². The van der Waals surface area contributed by atoms with Gasteiger partial charge in [-0.3, -0.25) is 9.97 Å². The normalized spacial score (nSPS) is 11.4. The summed E-state index contributed by atoms with van der Waals surface area (Å²) in [5, 5.41) is 4.70. The fraction of sp³-hybridized carbons (Fsp3) is 0. The molecule has 6 aromatic carbocycles. The van der Waals surface area contributed by atoms with E-state index in [4.69, 9.17) is 4.98 Å². The van der Waals surface area contributed by atoms with Crippen molar-refractivity contribution in [1.82, 2.24) is 14.5 Å². The van der Waals surface area contributed by atoms with E-state index in [2.05, 4.69) is 161 Å². The molecule has 220 valence electrons.